The molecule has 0 aromatic heterocycles. The normalized spacial score (nSPS) is 18.9. The summed E-state index contributed by atoms with van der Waals surface area (Å²) in [5.41, 5.74) is 2.09. The van der Waals surface area contributed by atoms with Crippen molar-refractivity contribution in [3.63, 3.8) is 0 Å². The SMILES string of the molecule is O=C1C(=O)N(CCc2ccccc2)[C@@H](c2cccc(Cl)c2)/C1=C(\O)c1ccc2c(c1)OCCO2. The predicted octanol–water partition coefficient (Wildman–Crippen LogP) is 4.78. The van der Waals surface area contributed by atoms with Gasteiger partial charge in [0, 0.05) is 17.1 Å². The molecule has 172 valence electrons. The minimum atomic E-state index is -0.768. The first kappa shape index (κ1) is 22.0. The third-order valence-corrected chi connectivity index (χ3v) is 6.24. The van der Waals surface area contributed by atoms with Gasteiger partial charge in [0.2, 0.25) is 0 Å². The Balaban J connectivity index is 1.58. The number of nitrogens with zero attached hydrogens (tertiary/aromatic N) is 1. The highest BCUT2D eigenvalue weighted by molar-refractivity contribution is 6.46. The summed E-state index contributed by atoms with van der Waals surface area (Å²) in [6.45, 7) is 1.15. The Labute approximate surface area is 202 Å². The lowest BCUT2D eigenvalue weighted by Crippen LogP contribution is -2.31. The number of likely N-dealkylation sites (tertiary alicyclic amines) is 1. The van der Waals surface area contributed by atoms with E-state index in [1.807, 2.05) is 30.3 Å². The second-order valence-electron chi connectivity index (χ2n) is 8.14. The van der Waals surface area contributed by atoms with E-state index in [9.17, 15) is 14.7 Å². The lowest BCUT2D eigenvalue weighted by atomic mass is 9.95. The zero-order valence-corrected chi connectivity index (χ0v) is 19.0. The van der Waals surface area contributed by atoms with Crippen LogP contribution >= 0.6 is 11.6 Å². The molecule has 0 unspecified atom stereocenters. The maximum atomic E-state index is 13.2. The number of carbonyl (C=O) groups excluding carboxylic acids is 2. The summed E-state index contributed by atoms with van der Waals surface area (Å²) in [4.78, 5) is 27.8. The van der Waals surface area contributed by atoms with Gasteiger partial charge in [-0.15, -0.1) is 0 Å². The van der Waals surface area contributed by atoms with Crippen LogP contribution in [-0.4, -0.2) is 41.5 Å². The topological polar surface area (TPSA) is 76.1 Å². The molecule has 3 aromatic rings. The maximum Gasteiger partial charge on any atom is 0.295 e. The number of aliphatic hydroxyl groups is 1. The molecule has 2 heterocycles. The van der Waals surface area contributed by atoms with E-state index < -0.39 is 17.7 Å². The van der Waals surface area contributed by atoms with E-state index in [2.05, 4.69) is 0 Å². The first-order valence-electron chi connectivity index (χ1n) is 11.0. The summed E-state index contributed by atoms with van der Waals surface area (Å²) in [6, 6.07) is 20.9. The summed E-state index contributed by atoms with van der Waals surface area (Å²) >= 11 is 6.24. The van der Waals surface area contributed by atoms with Crippen LogP contribution in [-0.2, 0) is 16.0 Å². The van der Waals surface area contributed by atoms with E-state index in [0.29, 0.717) is 53.8 Å². The number of ether oxygens (including phenoxy) is 2. The number of benzene rings is 3. The van der Waals surface area contributed by atoms with Crippen LogP contribution in [0.5, 0.6) is 11.5 Å². The van der Waals surface area contributed by atoms with Crippen molar-refractivity contribution >= 4 is 29.1 Å². The smallest absolute Gasteiger partial charge is 0.295 e. The van der Waals surface area contributed by atoms with E-state index in [4.69, 9.17) is 21.1 Å². The molecule has 0 aliphatic carbocycles. The van der Waals surface area contributed by atoms with Gasteiger partial charge in [0.1, 0.15) is 19.0 Å². The molecule has 0 saturated carbocycles. The Morgan fingerprint density at radius 3 is 2.47 bits per heavy atom. The van der Waals surface area contributed by atoms with Gasteiger partial charge in [-0.05, 0) is 47.9 Å². The van der Waals surface area contributed by atoms with E-state index in [-0.39, 0.29) is 11.3 Å². The fourth-order valence-corrected chi connectivity index (χ4v) is 4.57. The molecular weight excluding hydrogens is 454 g/mol. The fraction of sp³-hybridized carbons (Fsp3) is 0.185. The largest absolute Gasteiger partial charge is 0.507 e. The highest BCUT2D eigenvalue weighted by Gasteiger charge is 2.46. The van der Waals surface area contributed by atoms with Crippen LogP contribution in [0.15, 0.2) is 78.4 Å². The standard InChI is InChI=1S/C27H22ClNO5/c28-20-8-4-7-18(15-20)24-23(25(30)19-9-10-21-22(16-19)34-14-13-33-21)26(31)27(32)29(24)12-11-17-5-2-1-3-6-17/h1-10,15-16,24,30H,11-14H2/b25-23+/t24-/m0/s1. The monoisotopic (exact) mass is 475 g/mol. The third-order valence-electron chi connectivity index (χ3n) is 6.00. The van der Waals surface area contributed by atoms with Crippen molar-refractivity contribution in [3.05, 3.63) is 100 Å². The van der Waals surface area contributed by atoms with Crippen molar-refractivity contribution in [2.24, 2.45) is 0 Å². The molecule has 1 fully saturated rings. The van der Waals surface area contributed by atoms with Crippen LogP contribution < -0.4 is 9.47 Å². The number of halogens is 1. The number of hydrogen-bond acceptors (Lipinski definition) is 5. The van der Waals surface area contributed by atoms with Crippen LogP contribution in [0.3, 0.4) is 0 Å². The number of aliphatic hydroxyl groups excluding tert-OH is 1. The second-order valence-corrected chi connectivity index (χ2v) is 8.58. The van der Waals surface area contributed by atoms with E-state index in [1.54, 1.807) is 42.5 Å². The van der Waals surface area contributed by atoms with E-state index in [1.165, 1.54) is 4.90 Å². The first-order chi connectivity index (χ1) is 16.5. The van der Waals surface area contributed by atoms with Crippen molar-refractivity contribution in [1.29, 1.82) is 0 Å². The number of rotatable bonds is 5. The van der Waals surface area contributed by atoms with Crippen molar-refractivity contribution < 1.29 is 24.2 Å². The first-order valence-corrected chi connectivity index (χ1v) is 11.4. The van der Waals surface area contributed by atoms with Gasteiger partial charge in [-0.2, -0.15) is 0 Å². The van der Waals surface area contributed by atoms with Gasteiger partial charge in [0.25, 0.3) is 11.7 Å². The zero-order chi connectivity index (χ0) is 23.7. The summed E-state index contributed by atoms with van der Waals surface area (Å²) in [7, 11) is 0. The quantitative estimate of drug-likeness (QED) is 0.326. The van der Waals surface area contributed by atoms with E-state index >= 15 is 0 Å². The van der Waals surface area contributed by atoms with Crippen molar-refractivity contribution in [2.75, 3.05) is 19.8 Å². The molecule has 7 heteroatoms. The molecule has 0 bridgehead atoms. The molecule has 0 radical (unpaired) electrons. The number of hydrogen-bond donors (Lipinski definition) is 1. The van der Waals surface area contributed by atoms with Crippen molar-refractivity contribution in [3.8, 4) is 11.5 Å². The number of carbonyl (C=O) groups is 2. The van der Waals surface area contributed by atoms with Crippen LogP contribution in [0.1, 0.15) is 22.7 Å². The molecule has 34 heavy (non-hydrogen) atoms. The highest BCUT2D eigenvalue weighted by Crippen LogP contribution is 2.41. The number of fused-ring (bicyclic) bond motifs is 1. The third kappa shape index (κ3) is 4.13. The number of Topliss-reactive ketones (excluding diaryl/α,β-unsaturated/α-hetero) is 1. The molecule has 3 aromatic carbocycles. The molecule has 2 aliphatic heterocycles. The van der Waals surface area contributed by atoms with Crippen LogP contribution in [0.25, 0.3) is 5.76 Å². The van der Waals surface area contributed by atoms with Gasteiger partial charge in [-0.1, -0.05) is 54.1 Å². The lowest BCUT2D eigenvalue weighted by Gasteiger charge is -2.25. The Hall–Kier alpha value is -3.77. The van der Waals surface area contributed by atoms with Gasteiger partial charge >= 0.3 is 0 Å². The van der Waals surface area contributed by atoms with Crippen molar-refractivity contribution in [1.82, 2.24) is 4.90 Å². The molecule has 1 saturated heterocycles. The summed E-state index contributed by atoms with van der Waals surface area (Å²) in [5, 5.41) is 11.7. The minimum Gasteiger partial charge on any atom is -0.507 e. The predicted molar refractivity (Wildman–Crippen MR) is 128 cm³/mol. The number of amides is 1. The molecule has 6 nitrogen and oxygen atoms in total. The van der Waals surface area contributed by atoms with Gasteiger partial charge < -0.3 is 19.5 Å². The minimum absolute atomic E-state index is 0.0250. The highest BCUT2D eigenvalue weighted by atomic mass is 35.5. The zero-order valence-electron chi connectivity index (χ0n) is 18.2. The Morgan fingerprint density at radius 2 is 1.71 bits per heavy atom. The number of ketones is 1. The molecular formula is C27H22ClNO5. The van der Waals surface area contributed by atoms with Gasteiger partial charge in [0.15, 0.2) is 11.5 Å². The molecule has 2 aliphatic rings. The summed E-state index contributed by atoms with van der Waals surface area (Å²) in [5.74, 6) is -0.599. The average molecular weight is 476 g/mol. The average Bonchev–Trinajstić information content (AvgIpc) is 3.12. The van der Waals surface area contributed by atoms with Crippen LogP contribution in [0.4, 0.5) is 0 Å². The Bertz CT molecular complexity index is 1290. The van der Waals surface area contributed by atoms with Crippen LogP contribution in [0, 0.1) is 0 Å². The molecule has 1 amide bonds. The van der Waals surface area contributed by atoms with Crippen molar-refractivity contribution in [2.45, 2.75) is 12.5 Å². The molecule has 5 rings (SSSR count). The molecule has 1 N–H and O–H groups in total. The van der Waals surface area contributed by atoms with E-state index in [0.717, 1.165) is 5.56 Å². The summed E-state index contributed by atoms with van der Waals surface area (Å²) < 4.78 is 11.2. The van der Waals surface area contributed by atoms with Gasteiger partial charge in [-0.3, -0.25) is 9.59 Å². The Kier molecular flexibility index (Phi) is 5.99. The molecule has 1 atom stereocenters. The van der Waals surface area contributed by atoms with Gasteiger partial charge in [-0.25, -0.2) is 0 Å². The summed E-state index contributed by atoms with van der Waals surface area (Å²) in [6.07, 6.45) is 0.564. The molecule has 0 spiro atoms. The van der Waals surface area contributed by atoms with Gasteiger partial charge in [0.05, 0.1) is 11.6 Å². The fourth-order valence-electron chi connectivity index (χ4n) is 4.37. The lowest BCUT2D eigenvalue weighted by molar-refractivity contribution is -0.139. The Morgan fingerprint density at radius 1 is 0.941 bits per heavy atom. The second kappa shape index (κ2) is 9.23. The maximum absolute atomic E-state index is 13.2. The van der Waals surface area contributed by atoms with Crippen LogP contribution in [0.2, 0.25) is 5.02 Å².